The molecule has 0 aliphatic rings. The van der Waals surface area contributed by atoms with Gasteiger partial charge in [0.1, 0.15) is 6.61 Å². The van der Waals surface area contributed by atoms with E-state index in [1.54, 1.807) is 6.42 Å². The van der Waals surface area contributed by atoms with Crippen LogP contribution in [0.25, 0.3) is 0 Å². The van der Waals surface area contributed by atoms with Crippen LogP contribution in [0.15, 0.2) is 24.3 Å². The molecule has 2 heteroatoms. The van der Waals surface area contributed by atoms with E-state index < -0.39 is 0 Å². The number of hydrogen-bond donors (Lipinski definition) is 0. The fourth-order valence-electron chi connectivity index (χ4n) is 1.51. The molecule has 0 bridgehead atoms. The average molecular weight is 219 g/mol. The van der Waals surface area contributed by atoms with E-state index in [-0.39, 0.29) is 5.97 Å². The third-order valence-electron chi connectivity index (χ3n) is 2.47. The van der Waals surface area contributed by atoms with Gasteiger partial charge in [0.15, 0.2) is 0 Å². The molecule has 87 valence electrons. The SMILES string of the molecule is CCC[CH]C(=O)OCc1ccccc1CC. The molecule has 0 amide bonds. The molecule has 0 aliphatic heterocycles. The number of carbonyl (C=O) groups is 1. The lowest BCUT2D eigenvalue weighted by molar-refractivity contribution is -0.140. The molecule has 16 heavy (non-hydrogen) atoms. The van der Waals surface area contributed by atoms with Crippen molar-refractivity contribution in [3.8, 4) is 0 Å². The summed E-state index contributed by atoms with van der Waals surface area (Å²) in [4.78, 5) is 11.3. The molecule has 0 heterocycles. The van der Waals surface area contributed by atoms with Crippen LogP contribution in [0.5, 0.6) is 0 Å². The Kier molecular flexibility index (Phi) is 5.62. The molecule has 0 fully saturated rings. The van der Waals surface area contributed by atoms with E-state index in [0.29, 0.717) is 6.61 Å². The summed E-state index contributed by atoms with van der Waals surface area (Å²) in [5, 5.41) is 0. The van der Waals surface area contributed by atoms with Crippen LogP contribution in [0, 0.1) is 6.42 Å². The van der Waals surface area contributed by atoms with Crippen LogP contribution in [0.3, 0.4) is 0 Å². The number of ether oxygens (including phenoxy) is 1. The van der Waals surface area contributed by atoms with Crippen molar-refractivity contribution in [2.45, 2.75) is 39.7 Å². The lowest BCUT2D eigenvalue weighted by Crippen LogP contribution is -2.06. The maximum absolute atomic E-state index is 11.3. The Bertz CT molecular complexity index is 331. The summed E-state index contributed by atoms with van der Waals surface area (Å²) in [6.07, 6.45) is 4.33. The molecule has 0 unspecified atom stereocenters. The second kappa shape index (κ2) is 7.04. The predicted molar refractivity (Wildman–Crippen MR) is 64.8 cm³/mol. The fraction of sp³-hybridized carbons (Fsp3) is 0.429. The first-order chi connectivity index (χ1) is 7.77. The molecule has 1 radical (unpaired) electrons. The van der Waals surface area contributed by atoms with E-state index in [2.05, 4.69) is 13.0 Å². The molecule has 2 nitrogen and oxygen atoms in total. The van der Waals surface area contributed by atoms with Gasteiger partial charge in [-0.25, -0.2) is 0 Å². The molecular formula is C14H19O2. The maximum Gasteiger partial charge on any atom is 0.310 e. The second-order valence-corrected chi connectivity index (χ2v) is 3.72. The zero-order chi connectivity index (χ0) is 11.8. The number of aryl methyl sites for hydroxylation is 1. The van der Waals surface area contributed by atoms with Gasteiger partial charge in [-0.05, 0) is 24.0 Å². The van der Waals surface area contributed by atoms with Crippen LogP contribution in [-0.4, -0.2) is 5.97 Å². The number of rotatable bonds is 6. The van der Waals surface area contributed by atoms with Crippen molar-refractivity contribution in [2.24, 2.45) is 0 Å². The molecule has 0 atom stereocenters. The zero-order valence-corrected chi connectivity index (χ0v) is 10.0. The van der Waals surface area contributed by atoms with Crippen molar-refractivity contribution >= 4 is 5.97 Å². The van der Waals surface area contributed by atoms with E-state index in [0.717, 1.165) is 24.8 Å². The summed E-state index contributed by atoms with van der Waals surface area (Å²) >= 11 is 0. The van der Waals surface area contributed by atoms with Crippen molar-refractivity contribution in [1.29, 1.82) is 0 Å². The first kappa shape index (κ1) is 12.8. The van der Waals surface area contributed by atoms with Crippen molar-refractivity contribution in [2.75, 3.05) is 0 Å². The lowest BCUT2D eigenvalue weighted by Gasteiger charge is -2.08. The van der Waals surface area contributed by atoms with Crippen LogP contribution in [0.1, 0.15) is 37.8 Å². The largest absolute Gasteiger partial charge is 0.461 e. The smallest absolute Gasteiger partial charge is 0.310 e. The molecule has 0 saturated carbocycles. The minimum atomic E-state index is -0.215. The number of benzene rings is 1. The van der Waals surface area contributed by atoms with E-state index in [9.17, 15) is 4.79 Å². The van der Waals surface area contributed by atoms with Crippen molar-refractivity contribution in [3.63, 3.8) is 0 Å². The van der Waals surface area contributed by atoms with Crippen molar-refractivity contribution in [3.05, 3.63) is 41.8 Å². The van der Waals surface area contributed by atoms with Crippen LogP contribution in [0.2, 0.25) is 0 Å². The Hall–Kier alpha value is -1.31. The highest BCUT2D eigenvalue weighted by Gasteiger charge is 2.05. The van der Waals surface area contributed by atoms with Gasteiger partial charge in [-0.15, -0.1) is 0 Å². The molecule has 0 aromatic heterocycles. The summed E-state index contributed by atoms with van der Waals surface area (Å²) < 4.78 is 5.18. The van der Waals surface area contributed by atoms with Gasteiger partial charge in [0.2, 0.25) is 0 Å². The molecule has 1 aromatic rings. The second-order valence-electron chi connectivity index (χ2n) is 3.72. The minimum absolute atomic E-state index is 0.215. The third-order valence-corrected chi connectivity index (χ3v) is 2.47. The first-order valence-electron chi connectivity index (χ1n) is 5.84. The van der Waals surface area contributed by atoms with Gasteiger partial charge in [0.05, 0.1) is 6.42 Å². The molecule has 0 aliphatic carbocycles. The highest BCUT2D eigenvalue weighted by atomic mass is 16.5. The van der Waals surface area contributed by atoms with Gasteiger partial charge < -0.3 is 4.74 Å². The summed E-state index contributed by atoms with van der Waals surface area (Å²) in [7, 11) is 0. The van der Waals surface area contributed by atoms with Crippen LogP contribution in [-0.2, 0) is 22.6 Å². The number of esters is 1. The molecule has 1 rings (SSSR count). The van der Waals surface area contributed by atoms with Gasteiger partial charge in [-0.3, -0.25) is 4.79 Å². The Labute approximate surface area is 97.6 Å². The Morgan fingerprint density at radius 1 is 1.25 bits per heavy atom. The standard InChI is InChI=1S/C14H19O2/c1-3-5-10-14(15)16-11-13-9-7-6-8-12(13)4-2/h6-10H,3-5,11H2,1-2H3. The van der Waals surface area contributed by atoms with Crippen LogP contribution in [0.4, 0.5) is 0 Å². The van der Waals surface area contributed by atoms with Crippen molar-refractivity contribution in [1.82, 2.24) is 0 Å². The third kappa shape index (κ3) is 4.05. The summed E-state index contributed by atoms with van der Waals surface area (Å²) in [6, 6.07) is 8.05. The van der Waals surface area contributed by atoms with Gasteiger partial charge in [0.25, 0.3) is 0 Å². The lowest BCUT2D eigenvalue weighted by atomic mass is 10.1. The molecule has 1 aromatic carbocycles. The Balaban J connectivity index is 2.44. The summed E-state index contributed by atoms with van der Waals surface area (Å²) in [5.74, 6) is -0.215. The minimum Gasteiger partial charge on any atom is -0.461 e. The summed E-state index contributed by atoms with van der Waals surface area (Å²) in [6.45, 7) is 4.52. The van der Waals surface area contributed by atoms with E-state index >= 15 is 0 Å². The molecular weight excluding hydrogens is 200 g/mol. The first-order valence-corrected chi connectivity index (χ1v) is 5.84. The zero-order valence-electron chi connectivity index (χ0n) is 10.0. The van der Waals surface area contributed by atoms with Crippen molar-refractivity contribution < 1.29 is 9.53 Å². The van der Waals surface area contributed by atoms with E-state index in [4.69, 9.17) is 4.74 Å². The topological polar surface area (TPSA) is 26.3 Å². The van der Waals surface area contributed by atoms with Gasteiger partial charge >= 0.3 is 5.97 Å². The van der Waals surface area contributed by atoms with Crippen LogP contribution < -0.4 is 0 Å². The monoisotopic (exact) mass is 219 g/mol. The molecule has 0 spiro atoms. The number of unbranched alkanes of at least 4 members (excludes halogenated alkanes) is 1. The normalized spacial score (nSPS) is 10.1. The van der Waals surface area contributed by atoms with Gasteiger partial charge in [-0.1, -0.05) is 44.5 Å². The number of carbonyl (C=O) groups excluding carboxylic acids is 1. The Morgan fingerprint density at radius 3 is 2.56 bits per heavy atom. The van der Waals surface area contributed by atoms with Gasteiger partial charge in [0, 0.05) is 0 Å². The number of hydrogen-bond acceptors (Lipinski definition) is 2. The molecule has 0 N–H and O–H groups in total. The maximum atomic E-state index is 11.3. The van der Waals surface area contributed by atoms with E-state index in [1.165, 1.54) is 5.56 Å². The predicted octanol–water partition coefficient (Wildman–Crippen LogP) is 3.30. The molecule has 0 saturated heterocycles. The highest BCUT2D eigenvalue weighted by molar-refractivity contribution is 5.78. The highest BCUT2D eigenvalue weighted by Crippen LogP contribution is 2.11. The Morgan fingerprint density at radius 2 is 1.94 bits per heavy atom. The van der Waals surface area contributed by atoms with E-state index in [1.807, 2.05) is 25.1 Å². The van der Waals surface area contributed by atoms with Crippen LogP contribution >= 0.6 is 0 Å². The quantitative estimate of drug-likeness (QED) is 0.686. The van der Waals surface area contributed by atoms with Gasteiger partial charge in [-0.2, -0.15) is 0 Å². The summed E-state index contributed by atoms with van der Waals surface area (Å²) in [5.41, 5.74) is 2.34. The fourth-order valence-corrected chi connectivity index (χ4v) is 1.51. The average Bonchev–Trinajstić information content (AvgIpc) is 2.34.